The van der Waals surface area contributed by atoms with Crippen LogP contribution in [0.4, 0.5) is 0 Å². The maximum absolute atomic E-state index is 13.6. The van der Waals surface area contributed by atoms with Crippen molar-refractivity contribution in [2.45, 2.75) is 290 Å². The molecule has 2 N–H and O–H groups in total. The molecule has 0 spiro atoms. The highest BCUT2D eigenvalue weighted by Crippen LogP contribution is 2.43. The Bertz CT molecular complexity index is 1590. The third-order valence-corrected chi connectivity index (χ3v) is 14.8. The van der Waals surface area contributed by atoms with Gasteiger partial charge in [0.15, 0.2) is 0 Å². The largest absolute Gasteiger partial charge is 0.472 e. The molecule has 3 unspecified atom stereocenters. The average Bonchev–Trinajstić information content (AvgIpc) is 3.39. The zero-order valence-electron chi connectivity index (χ0n) is 50.9. The second kappa shape index (κ2) is 56.5. The summed E-state index contributed by atoms with van der Waals surface area (Å²) in [6.07, 6.45) is 74.4. The van der Waals surface area contributed by atoms with E-state index in [0.29, 0.717) is 17.4 Å². The van der Waals surface area contributed by atoms with Crippen LogP contribution in [0.3, 0.4) is 0 Å². The van der Waals surface area contributed by atoms with Gasteiger partial charge in [0, 0.05) is 12.8 Å². The third kappa shape index (κ3) is 57.7. The minimum absolute atomic E-state index is 0.0338. The summed E-state index contributed by atoms with van der Waals surface area (Å²) < 4.78 is 30.7. The highest BCUT2D eigenvalue weighted by molar-refractivity contribution is 7.47. The zero-order valence-corrected chi connectivity index (χ0v) is 51.8. The van der Waals surface area contributed by atoms with Gasteiger partial charge in [0.25, 0.3) is 0 Å². The molecular weight excluding hydrogens is 976 g/mol. The molecule has 0 aromatic carbocycles. The molecule has 0 saturated carbocycles. The Morgan fingerprint density at radius 1 is 0.468 bits per heavy atom. The van der Waals surface area contributed by atoms with Crippen LogP contribution in [-0.2, 0) is 27.9 Å². The topological polar surface area (TPSA) is 111 Å². The molecule has 77 heavy (non-hydrogen) atoms. The Kier molecular flexibility index (Phi) is 54.4. The lowest BCUT2D eigenvalue weighted by atomic mass is 10.0. The predicted octanol–water partition coefficient (Wildman–Crippen LogP) is 19.8. The van der Waals surface area contributed by atoms with Gasteiger partial charge in [0.2, 0.25) is 5.91 Å². The third-order valence-electron chi connectivity index (χ3n) is 13.8. The molecule has 3 atom stereocenters. The highest BCUT2D eigenvalue weighted by Gasteiger charge is 2.30. The van der Waals surface area contributed by atoms with Gasteiger partial charge in [0.1, 0.15) is 19.3 Å². The molecule has 0 fully saturated rings. The fraction of sp³-hybridized carbons (Fsp3) is 0.761. The number of phosphoric acid groups is 1. The number of nitrogens with one attached hydrogen (secondary N) is 1. The molecule has 1 amide bonds. The Balaban J connectivity index is 5.14. The monoisotopic (exact) mass is 1100 g/mol. The number of likely N-dealkylation sites (N-methyl/N-ethyl adjacent to an activating group) is 1. The van der Waals surface area contributed by atoms with Crippen LogP contribution in [0, 0.1) is 0 Å². The van der Waals surface area contributed by atoms with E-state index in [9.17, 15) is 19.0 Å². The average molecular weight is 1100 g/mol. The van der Waals surface area contributed by atoms with Crippen molar-refractivity contribution >= 4 is 19.7 Å². The number of amides is 1. The van der Waals surface area contributed by atoms with Crippen LogP contribution in [-0.4, -0.2) is 74.3 Å². The van der Waals surface area contributed by atoms with E-state index < -0.39 is 20.0 Å². The van der Waals surface area contributed by atoms with Gasteiger partial charge in [-0.2, -0.15) is 0 Å². The number of ether oxygens (including phenoxy) is 1. The standard InChI is InChI=1S/C67H121N2O7P/c1-7-10-13-16-19-22-25-27-29-30-31-32-33-34-35-36-37-38-40-41-44-47-50-53-56-59-66(70)68-64(63-75-77(72,73)74-62-61-69(4,5)6)65(58-55-52-49-46-43-24-21-18-15-12-9-3)76-67(71)60-57-54-51-48-45-42-39-28-26-23-20-17-14-11-8-2/h19-20,22-23,26-29,31-32,34-35,55,58,64-65H,7-18,21,24-25,30,33,36-54,56-57,59-63H2,1-6H3,(H-,68,70,72,73)/p+1/b22-19-,23-20+,28-26+,29-27-,32-31-,35-34-,58-55-. The first kappa shape index (κ1) is 74.2. The lowest BCUT2D eigenvalue weighted by molar-refractivity contribution is -0.870. The number of nitrogens with zero attached hydrogens (tertiary/aromatic N) is 1. The summed E-state index contributed by atoms with van der Waals surface area (Å²) in [7, 11) is 1.48. The number of unbranched alkanes of at least 4 members (excludes halogenated alkanes) is 30. The van der Waals surface area contributed by atoms with E-state index in [0.717, 1.165) is 109 Å². The van der Waals surface area contributed by atoms with Crippen molar-refractivity contribution in [3.63, 3.8) is 0 Å². The number of hydrogen-bond donors (Lipinski definition) is 2. The van der Waals surface area contributed by atoms with Crippen LogP contribution in [0.1, 0.15) is 278 Å². The van der Waals surface area contributed by atoms with Crippen molar-refractivity contribution in [3.05, 3.63) is 85.1 Å². The predicted molar refractivity (Wildman–Crippen MR) is 332 cm³/mol. The van der Waals surface area contributed by atoms with E-state index >= 15 is 0 Å². The molecule has 0 radical (unpaired) electrons. The molecule has 0 saturated heterocycles. The van der Waals surface area contributed by atoms with Gasteiger partial charge in [-0.15, -0.1) is 0 Å². The number of carbonyl (C=O) groups excluding carboxylic acids is 2. The summed E-state index contributed by atoms with van der Waals surface area (Å²) in [4.78, 5) is 37.7. The molecule has 10 heteroatoms. The van der Waals surface area contributed by atoms with Crippen LogP contribution in [0.2, 0.25) is 0 Å². The maximum Gasteiger partial charge on any atom is 0.472 e. The molecule has 0 bridgehead atoms. The van der Waals surface area contributed by atoms with E-state index in [4.69, 9.17) is 13.8 Å². The summed E-state index contributed by atoms with van der Waals surface area (Å²) in [5.41, 5.74) is 0. The van der Waals surface area contributed by atoms with E-state index in [2.05, 4.69) is 99.0 Å². The normalized spacial score (nSPS) is 14.2. The summed E-state index contributed by atoms with van der Waals surface area (Å²) in [5.74, 6) is -0.526. The van der Waals surface area contributed by atoms with Gasteiger partial charge in [-0.1, -0.05) is 247 Å². The van der Waals surface area contributed by atoms with E-state index in [-0.39, 0.29) is 31.5 Å². The number of phosphoric ester groups is 1. The fourth-order valence-electron chi connectivity index (χ4n) is 8.86. The molecule has 9 nitrogen and oxygen atoms in total. The molecule has 446 valence electrons. The van der Waals surface area contributed by atoms with Crippen LogP contribution in [0.15, 0.2) is 85.1 Å². The van der Waals surface area contributed by atoms with Gasteiger partial charge < -0.3 is 19.4 Å². The van der Waals surface area contributed by atoms with Gasteiger partial charge in [-0.3, -0.25) is 18.6 Å². The number of esters is 1. The number of carbonyl (C=O) groups is 2. The van der Waals surface area contributed by atoms with E-state index in [1.165, 1.54) is 135 Å². The molecule has 0 aliphatic carbocycles. The lowest BCUT2D eigenvalue weighted by Gasteiger charge is -2.27. The maximum atomic E-state index is 13.6. The van der Waals surface area contributed by atoms with Crippen molar-refractivity contribution in [2.75, 3.05) is 40.9 Å². The Hall–Kier alpha value is -2.81. The fourth-order valence-corrected chi connectivity index (χ4v) is 9.59. The van der Waals surface area contributed by atoms with Crippen LogP contribution >= 0.6 is 7.82 Å². The van der Waals surface area contributed by atoms with Crippen LogP contribution in [0.25, 0.3) is 0 Å². The van der Waals surface area contributed by atoms with Crippen molar-refractivity contribution < 1.29 is 37.3 Å². The molecular formula is C67H122N2O7P+. The second-order valence-corrected chi connectivity index (χ2v) is 24.1. The summed E-state index contributed by atoms with van der Waals surface area (Å²) in [6.45, 7) is 6.94. The smallest absolute Gasteiger partial charge is 0.456 e. The quantitative estimate of drug-likeness (QED) is 0.0156. The first-order chi connectivity index (χ1) is 37.4. The van der Waals surface area contributed by atoms with Crippen molar-refractivity contribution in [2.24, 2.45) is 0 Å². The summed E-state index contributed by atoms with van der Waals surface area (Å²) >= 11 is 0. The van der Waals surface area contributed by atoms with Crippen molar-refractivity contribution in [3.8, 4) is 0 Å². The molecule has 0 aliphatic rings. The van der Waals surface area contributed by atoms with Crippen LogP contribution < -0.4 is 5.32 Å². The minimum Gasteiger partial charge on any atom is -0.456 e. The molecule has 0 aromatic heterocycles. The van der Waals surface area contributed by atoms with Crippen molar-refractivity contribution in [1.82, 2.24) is 5.32 Å². The Morgan fingerprint density at radius 2 is 0.831 bits per heavy atom. The minimum atomic E-state index is -4.46. The molecule has 0 rings (SSSR count). The molecule has 0 heterocycles. The van der Waals surface area contributed by atoms with Crippen LogP contribution in [0.5, 0.6) is 0 Å². The van der Waals surface area contributed by atoms with E-state index in [1.54, 1.807) is 0 Å². The first-order valence-corrected chi connectivity index (χ1v) is 33.4. The number of allylic oxidation sites excluding steroid dienone is 13. The van der Waals surface area contributed by atoms with Gasteiger partial charge in [0.05, 0.1) is 33.8 Å². The van der Waals surface area contributed by atoms with Gasteiger partial charge >= 0.3 is 13.8 Å². The Labute approximate surface area is 476 Å². The van der Waals surface area contributed by atoms with E-state index in [1.807, 2.05) is 33.3 Å². The highest BCUT2D eigenvalue weighted by atomic mass is 31.2. The summed E-state index contributed by atoms with van der Waals surface area (Å²) in [6, 6.07) is -0.860. The zero-order chi connectivity index (χ0) is 56.4. The Morgan fingerprint density at radius 3 is 1.29 bits per heavy atom. The van der Waals surface area contributed by atoms with Gasteiger partial charge in [-0.05, 0) is 102 Å². The lowest BCUT2D eigenvalue weighted by Crippen LogP contribution is -2.47. The van der Waals surface area contributed by atoms with Crippen molar-refractivity contribution in [1.29, 1.82) is 0 Å². The SMILES string of the molecule is CCCCC/C=C\C/C=C\C/C=C\C/C=C\CCCCCCCCCCCC(=O)NC(COP(=O)(O)OCC[N+](C)(C)C)C(/C=C\CCCCCCCCCCC)OC(=O)CCCCCCCC/C=C/C=C/CCCCC. The summed E-state index contributed by atoms with van der Waals surface area (Å²) in [5, 5.41) is 3.05. The van der Waals surface area contributed by atoms with Gasteiger partial charge in [-0.25, -0.2) is 4.57 Å². The second-order valence-electron chi connectivity index (χ2n) is 22.6. The molecule has 0 aliphatic heterocycles. The number of quaternary nitrogens is 1. The first-order valence-electron chi connectivity index (χ1n) is 31.9. The number of hydrogen-bond acceptors (Lipinski definition) is 6. The number of rotatable bonds is 57. The molecule has 0 aromatic rings.